The third kappa shape index (κ3) is 5.36. The highest BCUT2D eigenvalue weighted by molar-refractivity contribution is 7.26. The van der Waals surface area contributed by atoms with Crippen molar-refractivity contribution in [2.45, 2.75) is 12.3 Å². The molecule has 0 bridgehead atoms. The maximum atomic E-state index is 6.41. The summed E-state index contributed by atoms with van der Waals surface area (Å²) in [6.07, 6.45) is 3.42. The Bertz CT molecular complexity index is 3450. The lowest BCUT2D eigenvalue weighted by Crippen LogP contribution is -2.28. The number of para-hydroxylation sites is 1. The zero-order chi connectivity index (χ0) is 37.5. The van der Waals surface area contributed by atoms with E-state index in [2.05, 4.69) is 127 Å². The van der Waals surface area contributed by atoms with Crippen LogP contribution in [0.15, 0.2) is 168 Å². The van der Waals surface area contributed by atoms with Crippen LogP contribution in [-0.2, 0) is 0 Å². The molecule has 1 unspecified atom stereocenters. The van der Waals surface area contributed by atoms with Crippen LogP contribution in [0.3, 0.4) is 0 Å². The Balaban J connectivity index is 0.997. The fraction of sp³-hybridized carbons (Fsp3) is 0.0392. The Kier molecular flexibility index (Phi) is 7.37. The number of thiophene rings is 2. The zero-order valence-electron chi connectivity index (χ0n) is 30.5. The van der Waals surface area contributed by atoms with Gasteiger partial charge in [-0.2, -0.15) is 0 Å². The molecule has 1 atom stereocenters. The Morgan fingerprint density at radius 1 is 0.456 bits per heavy atom. The van der Waals surface area contributed by atoms with Gasteiger partial charge in [0.25, 0.3) is 0 Å². The predicted octanol–water partition coefficient (Wildman–Crippen LogP) is 12.5. The number of furan rings is 1. The van der Waals surface area contributed by atoms with Crippen LogP contribution >= 0.6 is 22.7 Å². The maximum absolute atomic E-state index is 6.41. The molecule has 6 heteroatoms. The average Bonchev–Trinajstić information content (AvgIpc) is 3.97. The summed E-state index contributed by atoms with van der Waals surface area (Å²) in [4.78, 5) is 15.0. The molecule has 0 radical (unpaired) electrons. The molecule has 12 rings (SSSR count). The van der Waals surface area contributed by atoms with Gasteiger partial charge in [-0.1, -0.05) is 140 Å². The van der Waals surface area contributed by atoms with Gasteiger partial charge in [0, 0.05) is 73.4 Å². The molecule has 0 amide bonds. The van der Waals surface area contributed by atoms with E-state index < -0.39 is 0 Å². The summed E-state index contributed by atoms with van der Waals surface area (Å²) in [5.41, 5.74) is 8.71. The molecule has 4 nitrogen and oxygen atoms in total. The van der Waals surface area contributed by atoms with Gasteiger partial charge in [0.15, 0.2) is 17.5 Å². The van der Waals surface area contributed by atoms with E-state index >= 15 is 0 Å². The van der Waals surface area contributed by atoms with Gasteiger partial charge in [-0.3, -0.25) is 0 Å². The molecule has 4 aromatic heterocycles. The van der Waals surface area contributed by atoms with Gasteiger partial charge in [0.1, 0.15) is 11.2 Å². The summed E-state index contributed by atoms with van der Waals surface area (Å²) in [6.45, 7) is 0. The summed E-state index contributed by atoms with van der Waals surface area (Å²) in [5, 5.41) is 7.53. The fourth-order valence-electron chi connectivity index (χ4n) is 8.62. The van der Waals surface area contributed by atoms with Crippen molar-refractivity contribution in [3.05, 3.63) is 185 Å². The number of fused-ring (bicyclic) bond motifs is 9. The molecule has 0 spiro atoms. The smallest absolute Gasteiger partial charge is 0.164 e. The van der Waals surface area contributed by atoms with Crippen molar-refractivity contribution in [3.8, 4) is 34.2 Å². The van der Waals surface area contributed by atoms with E-state index in [9.17, 15) is 0 Å². The van der Waals surface area contributed by atoms with Crippen LogP contribution in [0.25, 0.3) is 98.0 Å². The highest BCUT2D eigenvalue weighted by Gasteiger charge is 2.24. The first-order chi connectivity index (χ1) is 28.2. The second kappa shape index (κ2) is 12.9. The second-order valence-corrected chi connectivity index (χ2v) is 16.8. The van der Waals surface area contributed by atoms with Gasteiger partial charge in [0.05, 0.1) is 0 Å². The topological polar surface area (TPSA) is 51.8 Å². The number of rotatable bonds is 5. The molecule has 1 aliphatic rings. The lowest BCUT2D eigenvalue weighted by molar-refractivity contribution is 0.668. The van der Waals surface area contributed by atoms with E-state index in [1.54, 1.807) is 0 Å². The lowest BCUT2D eigenvalue weighted by Gasteiger charge is -2.20. The lowest BCUT2D eigenvalue weighted by atomic mass is 9.84. The van der Waals surface area contributed by atoms with E-state index in [1.165, 1.54) is 56.7 Å². The Morgan fingerprint density at radius 3 is 1.88 bits per heavy atom. The second-order valence-electron chi connectivity index (χ2n) is 14.7. The predicted molar refractivity (Wildman–Crippen MR) is 238 cm³/mol. The average molecular weight is 766 g/mol. The Labute approximate surface area is 335 Å². The highest BCUT2D eigenvalue weighted by atomic mass is 32.1. The molecule has 11 aromatic rings. The minimum atomic E-state index is 0.202. The van der Waals surface area contributed by atoms with E-state index in [4.69, 9.17) is 19.4 Å². The van der Waals surface area contributed by atoms with Gasteiger partial charge >= 0.3 is 0 Å². The number of hydrogen-bond acceptors (Lipinski definition) is 6. The molecule has 0 N–H and O–H groups in total. The zero-order valence-corrected chi connectivity index (χ0v) is 32.1. The summed E-state index contributed by atoms with van der Waals surface area (Å²) >= 11 is 3.77. The van der Waals surface area contributed by atoms with Crippen LogP contribution in [0.5, 0.6) is 0 Å². The first-order valence-electron chi connectivity index (χ1n) is 19.2. The van der Waals surface area contributed by atoms with Crippen LogP contribution in [0.1, 0.15) is 23.5 Å². The summed E-state index contributed by atoms with van der Waals surface area (Å²) in [7, 11) is 0. The van der Waals surface area contributed by atoms with Crippen LogP contribution in [-0.4, -0.2) is 15.0 Å². The Hall–Kier alpha value is -6.73. The number of hydrogen-bond donors (Lipinski definition) is 0. The summed E-state index contributed by atoms with van der Waals surface area (Å²) in [6, 6.07) is 57.8. The fourth-order valence-corrected chi connectivity index (χ4v) is 11.2. The molecule has 268 valence electrons. The maximum Gasteiger partial charge on any atom is 0.164 e. The summed E-state index contributed by atoms with van der Waals surface area (Å²) < 4.78 is 11.6. The normalized spacial score (nSPS) is 14.2. The first-order valence-corrected chi connectivity index (χ1v) is 20.8. The number of aromatic nitrogens is 3. The van der Waals surface area contributed by atoms with E-state index in [-0.39, 0.29) is 5.92 Å². The van der Waals surface area contributed by atoms with Crippen molar-refractivity contribution in [3.63, 3.8) is 0 Å². The minimum Gasteiger partial charge on any atom is -0.456 e. The molecule has 0 aliphatic heterocycles. The van der Waals surface area contributed by atoms with Gasteiger partial charge < -0.3 is 4.42 Å². The summed E-state index contributed by atoms with van der Waals surface area (Å²) in [5.74, 6) is 2.20. The molecule has 0 fully saturated rings. The van der Waals surface area contributed by atoms with Crippen LogP contribution in [0.4, 0.5) is 0 Å². The van der Waals surface area contributed by atoms with Crippen LogP contribution in [0, 0.1) is 0 Å². The number of benzene rings is 7. The first kappa shape index (κ1) is 32.5. The highest BCUT2D eigenvalue weighted by Crippen LogP contribution is 2.43. The van der Waals surface area contributed by atoms with Crippen molar-refractivity contribution >= 4 is 86.5 Å². The molecule has 1 aliphatic carbocycles. The van der Waals surface area contributed by atoms with Crippen molar-refractivity contribution < 1.29 is 4.42 Å². The van der Waals surface area contributed by atoms with Crippen molar-refractivity contribution in [2.24, 2.45) is 0 Å². The molecule has 0 saturated heterocycles. The molecule has 0 saturated carbocycles. The van der Waals surface area contributed by atoms with Crippen molar-refractivity contribution in [2.75, 3.05) is 0 Å². The van der Waals surface area contributed by atoms with Gasteiger partial charge in [-0.25, -0.2) is 15.0 Å². The van der Waals surface area contributed by atoms with Gasteiger partial charge in [-0.05, 0) is 53.5 Å². The van der Waals surface area contributed by atoms with Crippen molar-refractivity contribution in [1.82, 2.24) is 15.0 Å². The van der Waals surface area contributed by atoms with Gasteiger partial charge in [-0.15, -0.1) is 22.7 Å². The van der Waals surface area contributed by atoms with Gasteiger partial charge in [0.2, 0.25) is 0 Å². The van der Waals surface area contributed by atoms with Crippen LogP contribution < -0.4 is 9.75 Å². The third-order valence-corrected chi connectivity index (χ3v) is 13.7. The van der Waals surface area contributed by atoms with E-state index in [0.717, 1.165) is 45.0 Å². The SMILES string of the molecule is C1=c2sc3ccccc3c2=C(c2ccc3c(c2)oc2ccccc23)CC1c1cccc2c1sc1cc(-c3nc(-c4ccccc4)nc(-c4ccccc4)n3)ccc12. The van der Waals surface area contributed by atoms with E-state index in [0.29, 0.717) is 17.5 Å². The Morgan fingerprint density at radius 2 is 1.09 bits per heavy atom. The van der Waals surface area contributed by atoms with Crippen LogP contribution in [0.2, 0.25) is 0 Å². The molecule has 4 heterocycles. The minimum absolute atomic E-state index is 0.202. The molecular weight excluding hydrogens is 735 g/mol. The number of nitrogens with zero attached hydrogens (tertiary/aromatic N) is 3. The van der Waals surface area contributed by atoms with E-state index in [1.807, 2.05) is 65.1 Å². The quantitative estimate of drug-likeness (QED) is 0.175. The molecule has 7 aromatic carbocycles. The largest absolute Gasteiger partial charge is 0.456 e. The standard InChI is InChI=1S/C51H31N3OS2/c1-3-12-30(13-4-1)49-52-50(31-14-5-2-6-15-31)54-51(53-49)33-23-25-38-39-19-11-18-35(48(39)57-45(38)28-33)34-26-41(47-40-17-8-10-21-44(40)56-46(47)29-34)32-22-24-37-36-16-7-9-20-42(36)55-43(37)27-32/h1-25,27-29,34H,26H2. The molecule has 57 heavy (non-hydrogen) atoms. The third-order valence-electron chi connectivity index (χ3n) is 11.3. The molecular formula is C51H31N3OS2. The monoisotopic (exact) mass is 765 g/mol. The van der Waals surface area contributed by atoms with Crippen molar-refractivity contribution in [1.29, 1.82) is 0 Å².